The van der Waals surface area contributed by atoms with Gasteiger partial charge in [-0.25, -0.2) is 0 Å². The van der Waals surface area contributed by atoms with Crippen molar-refractivity contribution in [2.45, 2.75) is 103 Å². The molecule has 1 N–H and O–H groups in total. The van der Waals surface area contributed by atoms with Crippen molar-refractivity contribution in [3.8, 4) is 0 Å². The van der Waals surface area contributed by atoms with E-state index in [0.717, 1.165) is 6.54 Å². The predicted octanol–water partition coefficient (Wildman–Crippen LogP) is 6.13. The molecule has 1 heterocycles. The molecular formula is C20H36N2. The van der Waals surface area contributed by atoms with Gasteiger partial charge in [0.25, 0.3) is 0 Å². The Bertz CT molecular complexity index is 310. The predicted molar refractivity (Wildman–Crippen MR) is 97.4 cm³/mol. The van der Waals surface area contributed by atoms with E-state index in [0.29, 0.717) is 0 Å². The molecule has 0 aromatic rings. The highest BCUT2D eigenvalue weighted by atomic mass is 15.0. The van der Waals surface area contributed by atoms with Crippen LogP contribution in [0.4, 0.5) is 0 Å². The Hall–Kier alpha value is -0.790. The first-order valence-electron chi connectivity index (χ1n) is 9.95. The van der Waals surface area contributed by atoms with E-state index < -0.39 is 0 Å². The molecule has 0 saturated carbocycles. The van der Waals surface area contributed by atoms with Crippen LogP contribution in [0, 0.1) is 0 Å². The molecule has 1 aliphatic carbocycles. The summed E-state index contributed by atoms with van der Waals surface area (Å²) in [4.78, 5) is 0. The van der Waals surface area contributed by atoms with E-state index >= 15 is 0 Å². The summed E-state index contributed by atoms with van der Waals surface area (Å²) < 4.78 is 0. The fourth-order valence-electron chi connectivity index (χ4n) is 3.63. The molecule has 2 heteroatoms. The van der Waals surface area contributed by atoms with Gasteiger partial charge < -0.3 is 5.43 Å². The molecule has 0 aromatic heterocycles. The van der Waals surface area contributed by atoms with Gasteiger partial charge in [0, 0.05) is 6.54 Å². The second-order valence-electron chi connectivity index (χ2n) is 7.08. The molecule has 22 heavy (non-hydrogen) atoms. The van der Waals surface area contributed by atoms with Crippen LogP contribution in [0.2, 0.25) is 0 Å². The van der Waals surface area contributed by atoms with Gasteiger partial charge in [-0.05, 0) is 50.5 Å². The van der Waals surface area contributed by atoms with Gasteiger partial charge in [-0.2, -0.15) is 5.10 Å². The topological polar surface area (TPSA) is 24.4 Å². The van der Waals surface area contributed by atoms with Gasteiger partial charge in [-0.3, -0.25) is 0 Å². The monoisotopic (exact) mass is 303 g/mol. The minimum Gasteiger partial charge on any atom is -0.310 e. The van der Waals surface area contributed by atoms with Crippen LogP contribution in [-0.4, -0.2) is 12.3 Å². The minimum absolute atomic E-state index is 1.05. The van der Waals surface area contributed by atoms with Crippen molar-refractivity contribution in [1.29, 1.82) is 0 Å². The molecule has 126 valence electrons. The van der Waals surface area contributed by atoms with Gasteiger partial charge in [0.1, 0.15) is 0 Å². The summed E-state index contributed by atoms with van der Waals surface area (Å²) in [6.45, 7) is 1.05. The summed E-state index contributed by atoms with van der Waals surface area (Å²) >= 11 is 0. The SMILES string of the molecule is C1=C(C2=[13N]NCCCCCCCC2)CCCCCCCCC1. The van der Waals surface area contributed by atoms with E-state index in [4.69, 9.17) is 5.10 Å². The molecule has 0 atom stereocenters. The molecule has 0 saturated heterocycles. The standard InChI is InChI=1S/C20H36N2/c1-2-4-8-12-16-19(15-11-7-3-1)20-17-13-9-5-6-10-14-18-21-22-20/h15,21H,1-14,16-18H2/i22-1. The summed E-state index contributed by atoms with van der Waals surface area (Å²) in [5, 5.41) is 4.80. The molecule has 0 unspecified atom stereocenters. The van der Waals surface area contributed by atoms with Crippen molar-refractivity contribution in [2.75, 3.05) is 6.54 Å². The van der Waals surface area contributed by atoms with E-state index in [1.165, 1.54) is 108 Å². The van der Waals surface area contributed by atoms with E-state index in [9.17, 15) is 0 Å². The molecule has 2 rings (SSSR count). The second kappa shape index (κ2) is 11.7. The summed E-state index contributed by atoms with van der Waals surface area (Å²) in [5.74, 6) is 0. The molecule has 0 fully saturated rings. The highest BCUT2D eigenvalue weighted by Crippen LogP contribution is 2.20. The first-order valence-corrected chi connectivity index (χ1v) is 9.95. The third kappa shape index (κ3) is 7.47. The van der Waals surface area contributed by atoms with Gasteiger partial charge in [0.15, 0.2) is 0 Å². The lowest BCUT2D eigenvalue weighted by Crippen LogP contribution is -2.14. The van der Waals surface area contributed by atoms with Crippen LogP contribution in [0.3, 0.4) is 0 Å². The highest BCUT2D eigenvalue weighted by molar-refractivity contribution is 5.99. The van der Waals surface area contributed by atoms with Crippen LogP contribution >= 0.6 is 0 Å². The maximum absolute atomic E-state index is 4.80. The Kier molecular flexibility index (Phi) is 9.37. The van der Waals surface area contributed by atoms with E-state index in [2.05, 4.69) is 11.5 Å². The largest absolute Gasteiger partial charge is 0.310 e. The van der Waals surface area contributed by atoms with E-state index in [1.807, 2.05) is 0 Å². The molecule has 0 bridgehead atoms. The molecule has 1 aliphatic heterocycles. The van der Waals surface area contributed by atoms with Crippen molar-refractivity contribution in [3.05, 3.63) is 11.6 Å². The summed E-state index contributed by atoms with van der Waals surface area (Å²) in [7, 11) is 0. The number of hydrogen-bond acceptors (Lipinski definition) is 2. The Morgan fingerprint density at radius 2 is 1.23 bits per heavy atom. The average molecular weight is 304 g/mol. The zero-order chi connectivity index (χ0) is 15.3. The number of allylic oxidation sites excluding steroid dienone is 2. The smallest absolute Gasteiger partial charge is 0.0631 e. The third-order valence-corrected chi connectivity index (χ3v) is 5.08. The lowest BCUT2D eigenvalue weighted by Gasteiger charge is -2.12. The number of nitrogens with zero attached hydrogens (tertiary/aromatic N) is 1. The van der Waals surface area contributed by atoms with Gasteiger partial charge in [0.05, 0.1) is 5.71 Å². The normalized spacial score (nSPS) is 24.0. The number of hydrazone groups is 1. The maximum atomic E-state index is 4.80. The Morgan fingerprint density at radius 1 is 0.636 bits per heavy atom. The van der Waals surface area contributed by atoms with E-state index in [-0.39, 0.29) is 0 Å². The summed E-state index contributed by atoms with van der Waals surface area (Å²) in [6.07, 6.45) is 24.2. The van der Waals surface area contributed by atoms with Crippen LogP contribution in [0.15, 0.2) is 16.8 Å². The van der Waals surface area contributed by atoms with Crippen molar-refractivity contribution in [2.24, 2.45) is 5.10 Å². The molecule has 0 amide bonds. The highest BCUT2D eigenvalue weighted by Gasteiger charge is 2.09. The van der Waals surface area contributed by atoms with Gasteiger partial charge in [0.2, 0.25) is 0 Å². The zero-order valence-corrected chi connectivity index (χ0v) is 14.5. The Balaban J connectivity index is 1.97. The quantitative estimate of drug-likeness (QED) is 0.619. The van der Waals surface area contributed by atoms with Crippen LogP contribution in [-0.2, 0) is 0 Å². The first-order chi connectivity index (χ1) is 11.0. The van der Waals surface area contributed by atoms with Crippen molar-refractivity contribution in [1.82, 2.24) is 5.43 Å². The Morgan fingerprint density at radius 3 is 2.00 bits per heavy atom. The van der Waals surface area contributed by atoms with Crippen LogP contribution < -0.4 is 5.43 Å². The molecule has 2 nitrogen and oxygen atoms in total. The van der Waals surface area contributed by atoms with Crippen molar-refractivity contribution < 1.29 is 0 Å². The molecule has 0 spiro atoms. The number of nitrogens with one attached hydrogen (secondary N) is 1. The molecular weight excluding hydrogens is 267 g/mol. The first kappa shape index (κ1) is 17.6. The van der Waals surface area contributed by atoms with Crippen LogP contribution in [0.25, 0.3) is 0 Å². The Labute approximate surface area is 137 Å². The lowest BCUT2D eigenvalue weighted by atomic mass is 9.96. The minimum atomic E-state index is 1.05. The molecule has 0 aromatic carbocycles. The van der Waals surface area contributed by atoms with Crippen molar-refractivity contribution >= 4 is 5.71 Å². The zero-order valence-electron chi connectivity index (χ0n) is 14.5. The number of hydrogen-bond donors (Lipinski definition) is 1. The van der Waals surface area contributed by atoms with E-state index in [1.54, 1.807) is 5.57 Å². The van der Waals surface area contributed by atoms with Crippen molar-refractivity contribution in [3.63, 3.8) is 0 Å². The van der Waals surface area contributed by atoms with Crippen LogP contribution in [0.1, 0.15) is 103 Å². The summed E-state index contributed by atoms with van der Waals surface area (Å²) in [5.41, 5.74) is 6.29. The fourth-order valence-corrected chi connectivity index (χ4v) is 3.63. The third-order valence-electron chi connectivity index (χ3n) is 5.08. The van der Waals surface area contributed by atoms with Crippen LogP contribution in [0.5, 0.6) is 0 Å². The second-order valence-corrected chi connectivity index (χ2v) is 7.08. The number of rotatable bonds is 1. The van der Waals surface area contributed by atoms with Gasteiger partial charge >= 0.3 is 0 Å². The maximum Gasteiger partial charge on any atom is 0.0631 e. The summed E-state index contributed by atoms with van der Waals surface area (Å²) in [6, 6.07) is 0. The lowest BCUT2D eigenvalue weighted by molar-refractivity contribution is 0.586. The fraction of sp³-hybridized carbons (Fsp3) is 0.850. The average Bonchev–Trinajstić information content (AvgIpc) is 2.64. The molecule has 0 radical (unpaired) electrons. The van der Waals surface area contributed by atoms with Gasteiger partial charge in [-0.1, -0.05) is 63.9 Å². The van der Waals surface area contributed by atoms with Gasteiger partial charge in [-0.15, -0.1) is 0 Å². The molecule has 2 aliphatic rings.